The maximum absolute atomic E-state index is 13.5. The van der Waals surface area contributed by atoms with Crippen LogP contribution in [0.1, 0.15) is 19.3 Å². The van der Waals surface area contributed by atoms with Gasteiger partial charge in [-0.2, -0.15) is 0 Å². The molecule has 0 N–H and O–H groups in total. The maximum atomic E-state index is 13.5. The summed E-state index contributed by atoms with van der Waals surface area (Å²) in [4.78, 5) is 5.93. The number of rotatable bonds is 6. The third-order valence-corrected chi connectivity index (χ3v) is 3.27. The van der Waals surface area contributed by atoms with Crippen LogP contribution < -0.4 is 4.90 Å². The number of nitrogens with zero attached hydrogens (tertiary/aromatic N) is 2. The van der Waals surface area contributed by atoms with E-state index in [0.717, 1.165) is 31.1 Å². The van der Waals surface area contributed by atoms with Crippen LogP contribution in [-0.4, -0.2) is 23.9 Å². The second-order valence-electron chi connectivity index (χ2n) is 3.63. The normalized spacial score (nSPS) is 10.5. The van der Waals surface area contributed by atoms with E-state index in [1.165, 1.54) is 6.07 Å². The molecule has 5 heteroatoms. The van der Waals surface area contributed by atoms with Gasteiger partial charge in [-0.15, -0.1) is 0 Å². The van der Waals surface area contributed by atoms with E-state index in [2.05, 4.69) is 36.8 Å². The molecule has 0 saturated carbocycles. The zero-order valence-corrected chi connectivity index (χ0v) is 12.4. The van der Waals surface area contributed by atoms with Crippen molar-refractivity contribution in [1.82, 2.24) is 4.98 Å². The van der Waals surface area contributed by atoms with E-state index < -0.39 is 0 Å². The second kappa shape index (κ2) is 7.22. The molecule has 0 aliphatic carbocycles. The molecule has 1 rings (SSSR count). The monoisotopic (exact) mass is 352 g/mol. The molecule has 0 amide bonds. The summed E-state index contributed by atoms with van der Waals surface area (Å²) in [5.41, 5.74) is 0. The van der Waals surface area contributed by atoms with E-state index in [-0.39, 0.29) is 5.82 Å². The van der Waals surface area contributed by atoms with Gasteiger partial charge in [0.05, 0.1) is 0 Å². The molecule has 1 aromatic heterocycles. The summed E-state index contributed by atoms with van der Waals surface area (Å²) < 4.78 is 14.2. The summed E-state index contributed by atoms with van der Waals surface area (Å²) in [6, 6.07) is 1.44. The Morgan fingerprint density at radius 3 is 2.75 bits per heavy atom. The minimum atomic E-state index is -0.280. The van der Waals surface area contributed by atoms with Crippen LogP contribution >= 0.6 is 31.9 Å². The van der Waals surface area contributed by atoms with Crippen molar-refractivity contribution in [3.05, 3.63) is 22.6 Å². The first-order valence-electron chi connectivity index (χ1n) is 5.23. The maximum Gasteiger partial charge on any atom is 0.166 e. The molecule has 0 spiro atoms. The molecule has 2 nitrogen and oxygen atoms in total. The van der Waals surface area contributed by atoms with Crippen molar-refractivity contribution in [3.8, 4) is 0 Å². The number of anilines is 1. The lowest BCUT2D eigenvalue weighted by Gasteiger charge is -2.18. The van der Waals surface area contributed by atoms with E-state index in [1.54, 1.807) is 6.20 Å². The first kappa shape index (κ1) is 13.9. The standard InChI is InChI=1S/C11H15Br2FN2/c1-16(6-4-2-3-5-12)11-10(14)7-9(13)8-15-11/h7-8H,2-6H2,1H3. The van der Waals surface area contributed by atoms with Crippen LogP contribution in [-0.2, 0) is 0 Å². The van der Waals surface area contributed by atoms with Gasteiger partial charge in [0, 0.05) is 29.6 Å². The fourth-order valence-electron chi connectivity index (χ4n) is 1.41. The Kier molecular flexibility index (Phi) is 6.28. The molecule has 0 aromatic carbocycles. The van der Waals surface area contributed by atoms with Gasteiger partial charge in [-0.1, -0.05) is 22.4 Å². The number of pyridine rings is 1. The smallest absolute Gasteiger partial charge is 0.166 e. The number of halogens is 3. The van der Waals surface area contributed by atoms with Crippen LogP contribution in [0, 0.1) is 5.82 Å². The summed E-state index contributed by atoms with van der Waals surface area (Å²) in [6.07, 6.45) is 4.98. The van der Waals surface area contributed by atoms with Gasteiger partial charge in [0.25, 0.3) is 0 Å². The van der Waals surface area contributed by atoms with Gasteiger partial charge in [-0.3, -0.25) is 0 Å². The molecule has 16 heavy (non-hydrogen) atoms. The molecule has 1 heterocycles. The van der Waals surface area contributed by atoms with Crippen molar-refractivity contribution in [3.63, 3.8) is 0 Å². The van der Waals surface area contributed by atoms with Gasteiger partial charge < -0.3 is 4.90 Å². The summed E-state index contributed by atoms with van der Waals surface area (Å²) in [6.45, 7) is 0.832. The molecule has 0 atom stereocenters. The van der Waals surface area contributed by atoms with Crippen LogP contribution in [0.25, 0.3) is 0 Å². The summed E-state index contributed by atoms with van der Waals surface area (Å²) in [5.74, 6) is 0.138. The van der Waals surface area contributed by atoms with E-state index in [4.69, 9.17) is 0 Å². The van der Waals surface area contributed by atoms with E-state index in [0.29, 0.717) is 10.3 Å². The molecule has 1 aromatic rings. The predicted octanol–water partition coefficient (Wildman–Crippen LogP) is 3.98. The van der Waals surface area contributed by atoms with Gasteiger partial charge in [0.1, 0.15) is 0 Å². The molecule has 0 aliphatic rings. The van der Waals surface area contributed by atoms with Crippen LogP contribution in [0.4, 0.5) is 10.2 Å². The van der Waals surface area contributed by atoms with Crippen molar-refractivity contribution >= 4 is 37.7 Å². The molecule has 0 radical (unpaired) electrons. The number of aromatic nitrogens is 1. The van der Waals surface area contributed by atoms with Crippen molar-refractivity contribution in [1.29, 1.82) is 0 Å². The first-order valence-corrected chi connectivity index (χ1v) is 7.14. The summed E-state index contributed by atoms with van der Waals surface area (Å²) >= 11 is 6.58. The highest BCUT2D eigenvalue weighted by atomic mass is 79.9. The molecular weight excluding hydrogens is 339 g/mol. The Morgan fingerprint density at radius 2 is 2.12 bits per heavy atom. The lowest BCUT2D eigenvalue weighted by atomic mass is 10.2. The van der Waals surface area contributed by atoms with Crippen molar-refractivity contribution in [2.24, 2.45) is 0 Å². The number of hydrogen-bond acceptors (Lipinski definition) is 2. The average molecular weight is 354 g/mol. The van der Waals surface area contributed by atoms with Gasteiger partial charge >= 0.3 is 0 Å². The van der Waals surface area contributed by atoms with E-state index in [1.807, 2.05) is 11.9 Å². The number of unbranched alkanes of at least 4 members (excludes halogenated alkanes) is 2. The fraction of sp³-hybridized carbons (Fsp3) is 0.545. The van der Waals surface area contributed by atoms with Gasteiger partial charge in [-0.05, 0) is 34.8 Å². The zero-order chi connectivity index (χ0) is 12.0. The average Bonchev–Trinajstić information content (AvgIpc) is 2.24. The highest BCUT2D eigenvalue weighted by molar-refractivity contribution is 9.10. The lowest BCUT2D eigenvalue weighted by Crippen LogP contribution is -2.21. The molecule has 0 bridgehead atoms. The van der Waals surface area contributed by atoms with Gasteiger partial charge in [0.2, 0.25) is 0 Å². The van der Waals surface area contributed by atoms with Crippen LogP contribution in [0.2, 0.25) is 0 Å². The van der Waals surface area contributed by atoms with Gasteiger partial charge in [0.15, 0.2) is 11.6 Å². The number of alkyl halides is 1. The molecular formula is C11H15Br2FN2. The topological polar surface area (TPSA) is 16.1 Å². The van der Waals surface area contributed by atoms with Crippen LogP contribution in [0.15, 0.2) is 16.7 Å². The third-order valence-electron chi connectivity index (χ3n) is 2.28. The molecule has 90 valence electrons. The Bertz CT molecular complexity index is 334. The zero-order valence-electron chi connectivity index (χ0n) is 9.22. The first-order chi connectivity index (χ1) is 7.65. The van der Waals surface area contributed by atoms with Gasteiger partial charge in [-0.25, -0.2) is 9.37 Å². The van der Waals surface area contributed by atoms with Crippen LogP contribution in [0.3, 0.4) is 0 Å². The van der Waals surface area contributed by atoms with Crippen LogP contribution in [0.5, 0.6) is 0 Å². The molecule has 0 saturated heterocycles. The Labute approximate surface area is 113 Å². The quantitative estimate of drug-likeness (QED) is 0.568. The molecule has 0 aliphatic heterocycles. The third kappa shape index (κ3) is 4.37. The lowest BCUT2D eigenvalue weighted by molar-refractivity contribution is 0.608. The van der Waals surface area contributed by atoms with Crippen molar-refractivity contribution < 1.29 is 4.39 Å². The minimum absolute atomic E-state index is 0.280. The Hall–Kier alpha value is -0.160. The molecule has 0 fully saturated rings. The number of hydrogen-bond donors (Lipinski definition) is 0. The predicted molar refractivity (Wildman–Crippen MR) is 72.8 cm³/mol. The SMILES string of the molecule is CN(CCCCCBr)c1ncc(Br)cc1F. The largest absolute Gasteiger partial charge is 0.357 e. The van der Waals surface area contributed by atoms with Crippen molar-refractivity contribution in [2.75, 3.05) is 23.8 Å². The highest BCUT2D eigenvalue weighted by Gasteiger charge is 2.08. The highest BCUT2D eigenvalue weighted by Crippen LogP contribution is 2.19. The van der Waals surface area contributed by atoms with E-state index >= 15 is 0 Å². The Morgan fingerprint density at radius 1 is 1.38 bits per heavy atom. The Balaban J connectivity index is 2.49. The summed E-state index contributed by atoms with van der Waals surface area (Å²) in [5, 5.41) is 1.03. The second-order valence-corrected chi connectivity index (χ2v) is 5.34. The summed E-state index contributed by atoms with van der Waals surface area (Å²) in [7, 11) is 1.87. The minimum Gasteiger partial charge on any atom is -0.357 e. The fourth-order valence-corrected chi connectivity index (χ4v) is 2.11. The van der Waals surface area contributed by atoms with E-state index in [9.17, 15) is 4.39 Å². The molecule has 0 unspecified atom stereocenters. The van der Waals surface area contributed by atoms with Crippen molar-refractivity contribution in [2.45, 2.75) is 19.3 Å².